The number of nitrogens with two attached hydrogens (primary N) is 1. The number of halogens is 1. The Morgan fingerprint density at radius 3 is 2.43 bits per heavy atom. The van der Waals surface area contributed by atoms with E-state index in [1.807, 2.05) is 55.4 Å². The van der Waals surface area contributed by atoms with Gasteiger partial charge in [0.1, 0.15) is 5.70 Å². The fourth-order valence-corrected chi connectivity index (χ4v) is 2.88. The van der Waals surface area contributed by atoms with Crippen molar-refractivity contribution in [2.45, 2.75) is 6.92 Å². The van der Waals surface area contributed by atoms with Crippen LogP contribution in [0.5, 0.6) is 0 Å². The Balaban J connectivity index is 2.57. The molecule has 0 saturated heterocycles. The molecule has 28 heavy (non-hydrogen) atoms. The Kier molecular flexibility index (Phi) is 7.23. The number of likely N-dealkylation sites (N-methyl/N-ethyl adjacent to an activating group) is 1. The molecule has 0 saturated carbocycles. The van der Waals surface area contributed by atoms with Crippen molar-refractivity contribution in [1.29, 1.82) is 0 Å². The summed E-state index contributed by atoms with van der Waals surface area (Å²) in [4.78, 5) is 19.7. The van der Waals surface area contributed by atoms with Gasteiger partial charge in [0.15, 0.2) is 5.84 Å². The molecule has 0 aliphatic heterocycles. The van der Waals surface area contributed by atoms with Gasteiger partial charge in [0.05, 0.1) is 5.69 Å². The smallest absolute Gasteiger partial charge is 0.219 e. The summed E-state index contributed by atoms with van der Waals surface area (Å²) in [7, 11) is 3.66. The molecular formula is C21H24ClN5O. The van der Waals surface area contributed by atoms with Crippen LogP contribution < -0.4 is 20.9 Å². The largest absolute Gasteiger partial charge is 0.400 e. The molecule has 0 spiro atoms. The van der Waals surface area contributed by atoms with E-state index in [0.29, 0.717) is 34.3 Å². The highest BCUT2D eigenvalue weighted by Gasteiger charge is 2.23. The van der Waals surface area contributed by atoms with Crippen LogP contribution in [0, 0.1) is 0 Å². The standard InChI is InChI=1S/C21H24ClN5O/c1-5-25-21(27(14-28)19-8-6-7-17(13-19)24-3)20(15(2)23)26(4)18-11-9-16(22)10-12-18/h5-14,24H,1,23H2,2-4H3/b20-15-,25-21?. The molecule has 0 fully saturated rings. The third-order valence-electron chi connectivity index (χ3n) is 4.09. The van der Waals surface area contributed by atoms with Crippen LogP contribution in [0.15, 0.2) is 77.7 Å². The molecule has 1 amide bonds. The first-order valence-electron chi connectivity index (χ1n) is 8.60. The van der Waals surface area contributed by atoms with Crippen LogP contribution in [0.2, 0.25) is 5.02 Å². The summed E-state index contributed by atoms with van der Waals surface area (Å²) in [5.74, 6) is 0.357. The molecule has 0 aliphatic rings. The molecule has 2 aromatic carbocycles. The van der Waals surface area contributed by atoms with E-state index in [0.717, 1.165) is 11.4 Å². The molecule has 2 aromatic rings. The van der Waals surface area contributed by atoms with Gasteiger partial charge in [-0.1, -0.05) is 24.2 Å². The van der Waals surface area contributed by atoms with Gasteiger partial charge in [-0.15, -0.1) is 0 Å². The molecule has 0 aromatic heterocycles. The number of nitrogens with one attached hydrogen (secondary N) is 1. The van der Waals surface area contributed by atoms with Crippen molar-refractivity contribution in [2.24, 2.45) is 10.7 Å². The molecule has 0 bridgehead atoms. The van der Waals surface area contributed by atoms with Gasteiger partial charge >= 0.3 is 0 Å². The van der Waals surface area contributed by atoms with Gasteiger partial charge in [0, 0.05) is 42.4 Å². The Morgan fingerprint density at radius 1 is 1.21 bits per heavy atom. The molecule has 0 aliphatic carbocycles. The average Bonchev–Trinajstić information content (AvgIpc) is 2.69. The van der Waals surface area contributed by atoms with Crippen molar-refractivity contribution in [2.75, 3.05) is 29.2 Å². The average molecular weight is 398 g/mol. The van der Waals surface area contributed by atoms with Crippen LogP contribution in [0.3, 0.4) is 0 Å². The number of rotatable bonds is 7. The maximum atomic E-state index is 12.0. The first kappa shape index (κ1) is 21.1. The first-order valence-corrected chi connectivity index (χ1v) is 8.97. The van der Waals surface area contributed by atoms with Gasteiger partial charge in [-0.25, -0.2) is 4.99 Å². The molecule has 7 heteroatoms. The monoisotopic (exact) mass is 397 g/mol. The van der Waals surface area contributed by atoms with E-state index < -0.39 is 0 Å². The summed E-state index contributed by atoms with van der Waals surface area (Å²) in [6.45, 7) is 5.45. The van der Waals surface area contributed by atoms with Crippen molar-refractivity contribution in [3.63, 3.8) is 0 Å². The predicted molar refractivity (Wildman–Crippen MR) is 119 cm³/mol. The minimum absolute atomic E-state index is 0.357. The molecular weight excluding hydrogens is 374 g/mol. The second-order valence-electron chi connectivity index (χ2n) is 5.98. The van der Waals surface area contributed by atoms with E-state index in [9.17, 15) is 4.79 Å². The number of nitrogens with zero attached hydrogens (tertiary/aromatic N) is 3. The van der Waals surface area contributed by atoms with Gasteiger partial charge in [-0.2, -0.15) is 0 Å². The lowest BCUT2D eigenvalue weighted by molar-refractivity contribution is -0.106. The molecule has 3 N–H and O–H groups in total. The zero-order valence-electron chi connectivity index (χ0n) is 16.2. The molecule has 0 radical (unpaired) electrons. The molecule has 146 valence electrons. The minimum Gasteiger partial charge on any atom is -0.400 e. The van der Waals surface area contributed by atoms with Crippen molar-refractivity contribution in [3.05, 3.63) is 77.7 Å². The van der Waals surface area contributed by atoms with E-state index in [4.69, 9.17) is 17.3 Å². The fraction of sp³-hybridized carbons (Fsp3) is 0.143. The number of amides is 1. The minimum atomic E-state index is 0.357. The summed E-state index contributed by atoms with van der Waals surface area (Å²) in [5, 5.41) is 3.69. The quantitative estimate of drug-likeness (QED) is 0.417. The van der Waals surface area contributed by atoms with Crippen molar-refractivity contribution in [3.8, 4) is 0 Å². The Hall–Kier alpha value is -3.25. The van der Waals surface area contributed by atoms with E-state index >= 15 is 0 Å². The lowest BCUT2D eigenvalue weighted by atomic mass is 10.2. The van der Waals surface area contributed by atoms with E-state index in [2.05, 4.69) is 16.9 Å². The second-order valence-corrected chi connectivity index (χ2v) is 6.41. The van der Waals surface area contributed by atoms with Crippen LogP contribution in [0.4, 0.5) is 17.1 Å². The zero-order valence-corrected chi connectivity index (χ0v) is 16.9. The first-order chi connectivity index (χ1) is 13.4. The number of aliphatic imine (C=N–C) groups is 1. The third-order valence-corrected chi connectivity index (χ3v) is 4.35. The number of anilines is 3. The number of carbonyl (C=O) groups is 1. The summed E-state index contributed by atoms with van der Waals surface area (Å²) < 4.78 is 0. The predicted octanol–water partition coefficient (Wildman–Crippen LogP) is 4.21. The molecule has 2 rings (SSSR count). The number of amidine groups is 1. The Bertz CT molecular complexity index is 901. The normalized spacial score (nSPS) is 12.1. The number of hydrogen-bond donors (Lipinski definition) is 2. The zero-order chi connectivity index (χ0) is 20.7. The lowest BCUT2D eigenvalue weighted by Gasteiger charge is -2.29. The SMILES string of the molecule is C=CN=C(/C(=C(\C)N)N(C)c1ccc(Cl)cc1)N(C=O)c1cccc(NC)c1. The highest BCUT2D eigenvalue weighted by molar-refractivity contribution is 6.30. The third kappa shape index (κ3) is 4.72. The van der Waals surface area contributed by atoms with E-state index in [1.165, 1.54) is 11.1 Å². The van der Waals surface area contributed by atoms with Crippen molar-refractivity contribution >= 4 is 40.9 Å². The van der Waals surface area contributed by atoms with Gasteiger partial charge in [-0.3, -0.25) is 9.69 Å². The lowest BCUT2D eigenvalue weighted by Crippen LogP contribution is -2.38. The summed E-state index contributed by atoms with van der Waals surface area (Å²) in [6, 6.07) is 14.7. The van der Waals surface area contributed by atoms with Crippen LogP contribution >= 0.6 is 11.6 Å². The maximum absolute atomic E-state index is 12.0. The highest BCUT2D eigenvalue weighted by atomic mass is 35.5. The summed E-state index contributed by atoms with van der Waals surface area (Å²) in [6.07, 6.45) is 2.09. The molecule has 0 heterocycles. The van der Waals surface area contributed by atoms with Crippen LogP contribution in [0.25, 0.3) is 0 Å². The van der Waals surface area contributed by atoms with Crippen molar-refractivity contribution in [1.82, 2.24) is 0 Å². The highest BCUT2D eigenvalue weighted by Crippen LogP contribution is 2.26. The Labute approximate surface area is 170 Å². The van der Waals surface area contributed by atoms with Crippen LogP contribution in [0.1, 0.15) is 6.92 Å². The van der Waals surface area contributed by atoms with Crippen molar-refractivity contribution < 1.29 is 4.79 Å². The molecule has 6 nitrogen and oxygen atoms in total. The fourth-order valence-electron chi connectivity index (χ4n) is 2.75. The number of allylic oxidation sites excluding steroid dienone is 1. The summed E-state index contributed by atoms with van der Waals surface area (Å²) >= 11 is 6.00. The number of hydrogen-bond acceptors (Lipinski definition) is 5. The van der Waals surface area contributed by atoms with Gasteiger partial charge in [-0.05, 0) is 49.4 Å². The molecule has 0 unspecified atom stereocenters. The van der Waals surface area contributed by atoms with Gasteiger partial charge in [0.2, 0.25) is 6.41 Å². The number of benzene rings is 2. The topological polar surface area (TPSA) is 74.0 Å². The summed E-state index contributed by atoms with van der Waals surface area (Å²) in [5.41, 5.74) is 9.62. The van der Waals surface area contributed by atoms with Gasteiger partial charge in [0.25, 0.3) is 0 Å². The molecule has 0 atom stereocenters. The second kappa shape index (κ2) is 9.62. The van der Waals surface area contributed by atoms with E-state index in [1.54, 1.807) is 19.1 Å². The maximum Gasteiger partial charge on any atom is 0.219 e. The van der Waals surface area contributed by atoms with Crippen LogP contribution in [-0.4, -0.2) is 26.3 Å². The number of carbonyl (C=O) groups excluding carboxylic acids is 1. The Morgan fingerprint density at radius 2 is 1.89 bits per heavy atom. The van der Waals surface area contributed by atoms with Gasteiger partial charge < -0.3 is 16.0 Å². The van der Waals surface area contributed by atoms with E-state index in [-0.39, 0.29) is 0 Å². The van der Waals surface area contributed by atoms with Crippen LogP contribution in [-0.2, 0) is 4.79 Å².